The molecule has 0 unspecified atom stereocenters. The molecule has 6 heteroatoms. The Balaban J connectivity index is 2.37. The summed E-state index contributed by atoms with van der Waals surface area (Å²) in [5, 5.41) is 20.7. The topological polar surface area (TPSA) is 83.6 Å². The summed E-state index contributed by atoms with van der Waals surface area (Å²) in [5.74, 6) is 0.340. The summed E-state index contributed by atoms with van der Waals surface area (Å²) in [6.07, 6.45) is 3.34. The molecule has 0 amide bonds. The number of aromatic hydroxyl groups is 2. The third kappa shape index (κ3) is 7.67. The van der Waals surface area contributed by atoms with Crippen molar-refractivity contribution in [3.05, 3.63) is 58.7 Å². The number of rotatable bonds is 9. The molecule has 0 aliphatic heterocycles. The van der Waals surface area contributed by atoms with E-state index in [1.54, 1.807) is 38.8 Å². The number of benzene rings is 2. The highest BCUT2D eigenvalue weighted by molar-refractivity contribution is 5.85. The van der Waals surface area contributed by atoms with E-state index >= 15 is 0 Å². The molecule has 0 bridgehead atoms. The molecule has 0 heterocycles. The molecule has 2 rings (SSSR count). The first kappa shape index (κ1) is 27.5. The Kier molecular flexibility index (Phi) is 9.42. The number of aliphatic imine (C=N–C) groups is 2. The maximum Gasteiger partial charge on any atom is 0.124 e. The van der Waals surface area contributed by atoms with Gasteiger partial charge in [-0.2, -0.15) is 0 Å². The lowest BCUT2D eigenvalue weighted by molar-refractivity contribution is 0.132. The fourth-order valence-electron chi connectivity index (χ4n) is 3.45. The summed E-state index contributed by atoms with van der Waals surface area (Å²) in [6, 6.07) is 10.5. The molecule has 0 saturated heterocycles. The van der Waals surface area contributed by atoms with Crippen molar-refractivity contribution in [1.82, 2.24) is 0 Å². The summed E-state index contributed by atoms with van der Waals surface area (Å²) in [6.45, 7) is 13.4. The van der Waals surface area contributed by atoms with E-state index in [1.807, 2.05) is 24.3 Å². The average molecular weight is 469 g/mol. The number of phenols is 2. The van der Waals surface area contributed by atoms with Crippen molar-refractivity contribution >= 4 is 12.4 Å². The van der Waals surface area contributed by atoms with Crippen LogP contribution in [-0.4, -0.2) is 62.2 Å². The second kappa shape index (κ2) is 11.6. The first-order valence-electron chi connectivity index (χ1n) is 11.6. The van der Waals surface area contributed by atoms with Crippen LogP contribution < -0.4 is 0 Å². The first-order valence-corrected chi connectivity index (χ1v) is 11.6. The minimum absolute atomic E-state index is 0.0469. The minimum atomic E-state index is -0.341. The highest BCUT2D eigenvalue weighted by atomic mass is 16.5. The summed E-state index contributed by atoms with van der Waals surface area (Å²) in [7, 11) is 3.23. The van der Waals surface area contributed by atoms with Crippen LogP contribution in [0.25, 0.3) is 0 Å². The van der Waals surface area contributed by atoms with Gasteiger partial charge in [0.15, 0.2) is 0 Å². The minimum Gasteiger partial charge on any atom is -0.507 e. The van der Waals surface area contributed by atoms with Crippen LogP contribution in [0.4, 0.5) is 0 Å². The SMILES string of the molecule is COC[C@@H](N=Cc1cc(C(C)(C)C)ccc1O)[C@@H](COC)N=Cc1cc(C(C)(C)C)ccc1O. The molecule has 0 spiro atoms. The largest absolute Gasteiger partial charge is 0.507 e. The van der Waals surface area contributed by atoms with Gasteiger partial charge in [0.25, 0.3) is 0 Å². The number of hydrogen-bond acceptors (Lipinski definition) is 6. The molecule has 0 aliphatic rings. The zero-order chi connectivity index (χ0) is 25.5. The number of hydrogen-bond donors (Lipinski definition) is 2. The zero-order valence-corrected chi connectivity index (χ0v) is 21.8. The maximum atomic E-state index is 10.4. The molecule has 6 nitrogen and oxygen atoms in total. The molecule has 0 aromatic heterocycles. The standard InChI is InChI=1S/C28H40N2O4/c1-27(2,3)21-9-11-25(31)19(13-21)15-29-23(17-33-7)24(18-34-8)30-16-20-14-22(28(4,5)6)10-12-26(20)32/h9-16,23-24,31-32H,17-18H2,1-8H3/t23-,24-/m1/s1. The Morgan fingerprint density at radius 3 is 1.35 bits per heavy atom. The van der Waals surface area contributed by atoms with Crippen LogP contribution in [0, 0.1) is 0 Å². The number of ether oxygens (including phenoxy) is 2. The van der Waals surface area contributed by atoms with E-state index in [9.17, 15) is 10.2 Å². The fourth-order valence-corrected chi connectivity index (χ4v) is 3.45. The maximum absolute atomic E-state index is 10.4. The first-order chi connectivity index (χ1) is 15.9. The molecular formula is C28H40N2O4. The van der Waals surface area contributed by atoms with Crippen molar-refractivity contribution in [3.63, 3.8) is 0 Å². The van der Waals surface area contributed by atoms with Gasteiger partial charge in [-0.3, -0.25) is 9.98 Å². The van der Waals surface area contributed by atoms with Crippen LogP contribution in [0.1, 0.15) is 63.8 Å². The van der Waals surface area contributed by atoms with E-state index in [1.165, 1.54) is 0 Å². The van der Waals surface area contributed by atoms with Gasteiger partial charge in [-0.1, -0.05) is 53.7 Å². The van der Waals surface area contributed by atoms with Crippen LogP contribution in [0.2, 0.25) is 0 Å². The molecular weight excluding hydrogens is 428 g/mol. The van der Waals surface area contributed by atoms with Crippen molar-refractivity contribution in [2.75, 3.05) is 27.4 Å². The fraction of sp³-hybridized carbons (Fsp3) is 0.500. The van der Waals surface area contributed by atoms with Crippen LogP contribution >= 0.6 is 0 Å². The number of nitrogens with zero attached hydrogens (tertiary/aromatic N) is 2. The molecule has 0 aliphatic carbocycles. The molecule has 2 aromatic carbocycles. The van der Waals surface area contributed by atoms with E-state index in [0.717, 1.165) is 11.1 Å². The van der Waals surface area contributed by atoms with Crippen molar-refractivity contribution < 1.29 is 19.7 Å². The highest BCUT2D eigenvalue weighted by Crippen LogP contribution is 2.28. The van der Waals surface area contributed by atoms with Gasteiger partial charge in [0.2, 0.25) is 0 Å². The molecule has 0 radical (unpaired) electrons. The summed E-state index contributed by atoms with van der Waals surface area (Å²) in [4.78, 5) is 9.42. The lowest BCUT2D eigenvalue weighted by atomic mass is 9.86. The number of methoxy groups -OCH3 is 2. The van der Waals surface area contributed by atoms with E-state index in [2.05, 4.69) is 41.5 Å². The van der Waals surface area contributed by atoms with Crippen molar-refractivity contribution in [3.8, 4) is 11.5 Å². The molecule has 34 heavy (non-hydrogen) atoms. The van der Waals surface area contributed by atoms with Crippen LogP contribution in [0.15, 0.2) is 46.4 Å². The number of phenolic OH excluding ortho intramolecular Hbond substituents is 2. The molecule has 2 atom stereocenters. The zero-order valence-electron chi connectivity index (χ0n) is 21.8. The van der Waals surface area contributed by atoms with Crippen LogP contribution in [0.5, 0.6) is 11.5 Å². The summed E-state index contributed by atoms with van der Waals surface area (Å²) in [5.41, 5.74) is 3.41. The van der Waals surface area contributed by atoms with E-state index in [-0.39, 0.29) is 34.4 Å². The van der Waals surface area contributed by atoms with Gasteiger partial charge in [-0.15, -0.1) is 0 Å². The molecule has 2 N–H and O–H groups in total. The highest BCUT2D eigenvalue weighted by Gasteiger charge is 2.21. The van der Waals surface area contributed by atoms with Gasteiger partial charge >= 0.3 is 0 Å². The lowest BCUT2D eigenvalue weighted by Gasteiger charge is -2.21. The Labute approximate surface area is 204 Å². The normalized spacial score (nSPS) is 14.7. The van der Waals surface area contributed by atoms with Crippen molar-refractivity contribution in [1.29, 1.82) is 0 Å². The van der Waals surface area contributed by atoms with Gasteiger partial charge in [-0.05, 0) is 46.2 Å². The predicted molar refractivity (Wildman–Crippen MR) is 140 cm³/mol. The average Bonchev–Trinajstić information content (AvgIpc) is 2.74. The van der Waals surface area contributed by atoms with Crippen LogP contribution in [-0.2, 0) is 20.3 Å². The van der Waals surface area contributed by atoms with E-state index in [4.69, 9.17) is 19.5 Å². The Bertz CT molecular complexity index is 919. The van der Waals surface area contributed by atoms with Crippen LogP contribution in [0.3, 0.4) is 0 Å². The van der Waals surface area contributed by atoms with E-state index < -0.39 is 0 Å². The monoisotopic (exact) mass is 468 g/mol. The molecule has 2 aromatic rings. The van der Waals surface area contributed by atoms with Gasteiger partial charge in [-0.25, -0.2) is 0 Å². The summed E-state index contributed by atoms with van der Waals surface area (Å²) < 4.78 is 10.8. The van der Waals surface area contributed by atoms with Gasteiger partial charge in [0, 0.05) is 37.8 Å². The predicted octanol–water partition coefficient (Wildman–Crippen LogP) is 5.26. The van der Waals surface area contributed by atoms with Crippen molar-refractivity contribution in [2.45, 2.75) is 64.5 Å². The van der Waals surface area contributed by atoms with Gasteiger partial charge < -0.3 is 19.7 Å². The summed E-state index contributed by atoms with van der Waals surface area (Å²) >= 11 is 0. The molecule has 0 saturated carbocycles. The lowest BCUT2D eigenvalue weighted by Crippen LogP contribution is -2.31. The molecule has 186 valence electrons. The second-order valence-electron chi connectivity index (χ2n) is 10.6. The smallest absolute Gasteiger partial charge is 0.124 e. The Morgan fingerprint density at radius 2 is 1.06 bits per heavy atom. The molecule has 0 fully saturated rings. The van der Waals surface area contributed by atoms with Gasteiger partial charge in [0.05, 0.1) is 25.3 Å². The van der Waals surface area contributed by atoms with E-state index in [0.29, 0.717) is 24.3 Å². The van der Waals surface area contributed by atoms with Crippen molar-refractivity contribution in [2.24, 2.45) is 9.98 Å². The third-order valence-electron chi connectivity index (χ3n) is 5.72. The quantitative estimate of drug-likeness (QED) is 0.492. The third-order valence-corrected chi connectivity index (χ3v) is 5.72. The Morgan fingerprint density at radius 1 is 0.706 bits per heavy atom. The Hall–Kier alpha value is -2.70. The van der Waals surface area contributed by atoms with Gasteiger partial charge in [0.1, 0.15) is 11.5 Å². The second-order valence-corrected chi connectivity index (χ2v) is 10.6.